The van der Waals surface area contributed by atoms with Crippen molar-refractivity contribution in [1.82, 2.24) is 0 Å². The van der Waals surface area contributed by atoms with Crippen molar-refractivity contribution in [3.05, 3.63) is 0 Å². The molecular formula is C46H80O3. The van der Waals surface area contributed by atoms with E-state index in [1.807, 2.05) is 0 Å². The molecule has 3 atom stereocenters. The lowest BCUT2D eigenvalue weighted by Crippen LogP contribution is -2.46. The number of hydrogen-bond acceptors (Lipinski definition) is 3. The molecule has 0 saturated heterocycles. The summed E-state index contributed by atoms with van der Waals surface area (Å²) in [6, 6.07) is 0. The molecule has 6 saturated carbocycles. The van der Waals surface area contributed by atoms with Crippen molar-refractivity contribution in [2.75, 3.05) is 0 Å². The van der Waals surface area contributed by atoms with Gasteiger partial charge in [-0.3, -0.25) is 4.79 Å². The molecule has 3 nitrogen and oxygen atoms in total. The van der Waals surface area contributed by atoms with Crippen LogP contribution in [-0.4, -0.2) is 24.3 Å². The minimum atomic E-state index is -0.0885. The number of carbonyl (C=O) groups excluding carboxylic acids is 1. The highest BCUT2D eigenvalue weighted by Crippen LogP contribution is 2.53. The number of esters is 1. The SMILES string of the molecule is CC(C)(C1CCCCC1)C1CCC(OC(=O)C2CC(C(C)(C)C3CCCCC3)CCC2OC2CCC(C(C)(C)C3CCCCC3)CC2)CC1. The van der Waals surface area contributed by atoms with Gasteiger partial charge < -0.3 is 9.47 Å². The second kappa shape index (κ2) is 16.6. The van der Waals surface area contributed by atoms with Gasteiger partial charge in [-0.15, -0.1) is 0 Å². The molecule has 0 heterocycles. The Morgan fingerprint density at radius 2 is 0.755 bits per heavy atom. The molecular weight excluding hydrogens is 601 g/mol. The molecule has 0 aromatic heterocycles. The molecule has 49 heavy (non-hydrogen) atoms. The Labute approximate surface area is 304 Å². The summed E-state index contributed by atoms with van der Waals surface area (Å²) in [6.45, 7) is 15.4. The van der Waals surface area contributed by atoms with Gasteiger partial charge in [0.25, 0.3) is 0 Å². The van der Waals surface area contributed by atoms with Crippen LogP contribution in [0.25, 0.3) is 0 Å². The average Bonchev–Trinajstić information content (AvgIpc) is 3.13. The van der Waals surface area contributed by atoms with Crippen LogP contribution in [0.5, 0.6) is 0 Å². The van der Waals surface area contributed by atoms with E-state index in [1.54, 1.807) is 0 Å². The maximum Gasteiger partial charge on any atom is 0.311 e. The van der Waals surface area contributed by atoms with Gasteiger partial charge in [0.2, 0.25) is 0 Å². The van der Waals surface area contributed by atoms with Crippen molar-refractivity contribution in [2.24, 2.45) is 57.7 Å². The van der Waals surface area contributed by atoms with E-state index in [0.717, 1.165) is 55.3 Å². The van der Waals surface area contributed by atoms with E-state index in [-0.39, 0.29) is 29.5 Å². The molecule has 3 heteroatoms. The summed E-state index contributed by atoms with van der Waals surface area (Å²) in [6.07, 6.45) is 34.4. The van der Waals surface area contributed by atoms with E-state index in [9.17, 15) is 4.79 Å². The molecule has 0 bridgehead atoms. The molecule has 0 N–H and O–H groups in total. The summed E-state index contributed by atoms with van der Waals surface area (Å²) in [5.74, 6) is 4.77. The first-order valence-corrected chi connectivity index (χ1v) is 22.3. The number of ether oxygens (including phenoxy) is 2. The van der Waals surface area contributed by atoms with Gasteiger partial charge in [0.1, 0.15) is 6.10 Å². The van der Waals surface area contributed by atoms with E-state index in [2.05, 4.69) is 41.5 Å². The minimum Gasteiger partial charge on any atom is -0.462 e. The summed E-state index contributed by atoms with van der Waals surface area (Å²) < 4.78 is 13.7. The molecule has 0 aliphatic heterocycles. The summed E-state index contributed by atoms with van der Waals surface area (Å²) >= 11 is 0. The van der Waals surface area contributed by atoms with Gasteiger partial charge in [0, 0.05) is 0 Å². The molecule has 0 spiro atoms. The lowest BCUT2D eigenvalue weighted by atomic mass is 9.59. The lowest BCUT2D eigenvalue weighted by Gasteiger charge is -2.49. The molecule has 6 aliphatic carbocycles. The van der Waals surface area contributed by atoms with E-state index in [1.165, 1.54) is 141 Å². The first kappa shape index (κ1) is 38.2. The van der Waals surface area contributed by atoms with Crippen LogP contribution in [0.2, 0.25) is 0 Å². The number of carbonyl (C=O) groups is 1. The van der Waals surface area contributed by atoms with Gasteiger partial charge in [0.15, 0.2) is 0 Å². The summed E-state index contributed by atoms with van der Waals surface area (Å²) in [5, 5.41) is 0. The van der Waals surface area contributed by atoms with Crippen molar-refractivity contribution in [2.45, 2.75) is 227 Å². The van der Waals surface area contributed by atoms with Crippen LogP contribution in [0.15, 0.2) is 0 Å². The molecule has 0 aromatic carbocycles. The molecule has 0 aromatic rings. The first-order valence-electron chi connectivity index (χ1n) is 22.3. The Morgan fingerprint density at radius 1 is 0.408 bits per heavy atom. The Morgan fingerprint density at radius 3 is 1.18 bits per heavy atom. The molecule has 282 valence electrons. The maximum atomic E-state index is 14.3. The van der Waals surface area contributed by atoms with Crippen LogP contribution >= 0.6 is 0 Å². The Kier molecular flexibility index (Phi) is 12.9. The Balaban J connectivity index is 1.07. The standard InChI is InChI=1S/C46H80O3/c1-44(2,33-16-10-7-11-17-33)36-22-27-39(28-23-36)48-42-31-26-38(46(5,6)35-20-14-9-15-21-35)32-41(42)43(47)49-40-29-24-37(25-30-40)45(3,4)34-18-12-8-13-19-34/h33-42H,7-32H2,1-6H3. The van der Waals surface area contributed by atoms with E-state index in [4.69, 9.17) is 9.47 Å². The Hall–Kier alpha value is -0.570. The smallest absolute Gasteiger partial charge is 0.311 e. The predicted octanol–water partition coefficient (Wildman–Crippen LogP) is 13.3. The van der Waals surface area contributed by atoms with Gasteiger partial charge in [-0.25, -0.2) is 0 Å². The summed E-state index contributed by atoms with van der Waals surface area (Å²) in [5.41, 5.74) is 1.15. The van der Waals surface area contributed by atoms with Crippen LogP contribution in [0.3, 0.4) is 0 Å². The van der Waals surface area contributed by atoms with Gasteiger partial charge in [0.05, 0.1) is 18.1 Å². The monoisotopic (exact) mass is 681 g/mol. The largest absolute Gasteiger partial charge is 0.462 e. The van der Waals surface area contributed by atoms with E-state index in [0.29, 0.717) is 22.9 Å². The van der Waals surface area contributed by atoms with Crippen LogP contribution in [0, 0.1) is 57.7 Å². The molecule has 6 fully saturated rings. The van der Waals surface area contributed by atoms with Gasteiger partial charge in [-0.05, 0) is 161 Å². The quantitative estimate of drug-likeness (QED) is 0.215. The van der Waals surface area contributed by atoms with Crippen LogP contribution in [0.1, 0.15) is 208 Å². The first-order chi connectivity index (χ1) is 23.5. The third-order valence-electron chi connectivity index (χ3n) is 17.2. The second-order valence-corrected chi connectivity index (χ2v) is 20.6. The van der Waals surface area contributed by atoms with Crippen LogP contribution in [-0.2, 0) is 14.3 Å². The highest BCUT2D eigenvalue weighted by Gasteiger charge is 2.48. The third kappa shape index (κ3) is 8.98. The average molecular weight is 681 g/mol. The molecule has 6 rings (SSSR count). The predicted molar refractivity (Wildman–Crippen MR) is 204 cm³/mol. The summed E-state index contributed by atoms with van der Waals surface area (Å²) in [7, 11) is 0. The summed E-state index contributed by atoms with van der Waals surface area (Å²) in [4.78, 5) is 14.3. The second-order valence-electron chi connectivity index (χ2n) is 20.6. The minimum absolute atomic E-state index is 0.0420. The fourth-order valence-electron chi connectivity index (χ4n) is 13.1. The van der Waals surface area contributed by atoms with Crippen molar-refractivity contribution < 1.29 is 14.3 Å². The zero-order chi connectivity index (χ0) is 34.6. The molecule has 3 unspecified atom stereocenters. The van der Waals surface area contributed by atoms with Gasteiger partial charge >= 0.3 is 5.97 Å². The van der Waals surface area contributed by atoms with Crippen molar-refractivity contribution in [3.63, 3.8) is 0 Å². The van der Waals surface area contributed by atoms with Gasteiger partial charge in [-0.1, -0.05) is 99.3 Å². The molecule has 6 aliphatic rings. The van der Waals surface area contributed by atoms with Crippen molar-refractivity contribution in [1.29, 1.82) is 0 Å². The normalized spacial score (nSPS) is 35.6. The zero-order valence-electron chi connectivity index (χ0n) is 33.4. The van der Waals surface area contributed by atoms with E-state index < -0.39 is 0 Å². The molecule has 0 amide bonds. The topological polar surface area (TPSA) is 35.5 Å². The van der Waals surface area contributed by atoms with Crippen LogP contribution < -0.4 is 0 Å². The third-order valence-corrected chi connectivity index (χ3v) is 17.2. The fourth-order valence-corrected chi connectivity index (χ4v) is 13.1. The highest BCUT2D eigenvalue weighted by atomic mass is 16.5. The fraction of sp³-hybridized carbons (Fsp3) is 0.978. The van der Waals surface area contributed by atoms with Crippen molar-refractivity contribution in [3.8, 4) is 0 Å². The van der Waals surface area contributed by atoms with Crippen molar-refractivity contribution >= 4 is 5.97 Å². The van der Waals surface area contributed by atoms with Gasteiger partial charge in [-0.2, -0.15) is 0 Å². The Bertz CT molecular complexity index is 1010. The number of rotatable bonds is 10. The maximum absolute atomic E-state index is 14.3. The zero-order valence-corrected chi connectivity index (χ0v) is 33.4. The molecule has 0 radical (unpaired) electrons. The van der Waals surface area contributed by atoms with E-state index >= 15 is 0 Å². The van der Waals surface area contributed by atoms with Crippen LogP contribution in [0.4, 0.5) is 0 Å². The number of hydrogen-bond donors (Lipinski definition) is 0. The highest BCUT2D eigenvalue weighted by molar-refractivity contribution is 5.73. The lowest BCUT2D eigenvalue weighted by molar-refractivity contribution is -0.172.